The van der Waals surface area contributed by atoms with Crippen molar-refractivity contribution < 1.29 is 14.3 Å². The molecule has 1 aromatic heterocycles. The summed E-state index contributed by atoms with van der Waals surface area (Å²) in [7, 11) is 0. The van der Waals surface area contributed by atoms with Gasteiger partial charge in [0.25, 0.3) is 0 Å². The number of aromatic nitrogens is 1. The summed E-state index contributed by atoms with van der Waals surface area (Å²) in [5, 5.41) is 8.87. The molecule has 1 fully saturated rings. The van der Waals surface area contributed by atoms with Crippen molar-refractivity contribution in [1.82, 2.24) is 9.88 Å². The van der Waals surface area contributed by atoms with Gasteiger partial charge in [0.2, 0.25) is 5.88 Å². The lowest BCUT2D eigenvalue weighted by Gasteiger charge is -2.34. The fourth-order valence-electron chi connectivity index (χ4n) is 2.68. The average molecular weight is 331 g/mol. The highest BCUT2D eigenvalue weighted by atomic mass is 16.6. The Morgan fingerprint density at radius 3 is 3.00 bits per heavy atom. The first-order chi connectivity index (χ1) is 11.4. The highest BCUT2D eigenvalue weighted by Crippen LogP contribution is 2.22. The van der Waals surface area contributed by atoms with Crippen LogP contribution in [0.1, 0.15) is 45.6 Å². The van der Waals surface area contributed by atoms with E-state index in [1.807, 2.05) is 20.8 Å². The lowest BCUT2D eigenvalue weighted by molar-refractivity contribution is 0.0154. The van der Waals surface area contributed by atoms with Crippen LogP contribution in [0.2, 0.25) is 0 Å². The molecule has 0 N–H and O–H groups in total. The summed E-state index contributed by atoms with van der Waals surface area (Å²) in [6.07, 6.45) is 4.23. The Morgan fingerprint density at radius 2 is 2.29 bits per heavy atom. The predicted octanol–water partition coefficient (Wildman–Crippen LogP) is 3.37. The molecule has 0 aromatic carbocycles. The molecule has 130 valence electrons. The van der Waals surface area contributed by atoms with E-state index in [0.29, 0.717) is 30.5 Å². The van der Waals surface area contributed by atoms with E-state index in [-0.39, 0.29) is 6.09 Å². The second kappa shape index (κ2) is 8.00. The maximum Gasteiger partial charge on any atom is 0.410 e. The number of likely N-dealkylation sites (tertiary alicyclic amines) is 1. The van der Waals surface area contributed by atoms with Crippen LogP contribution in [0, 0.1) is 17.2 Å². The van der Waals surface area contributed by atoms with Gasteiger partial charge in [-0.1, -0.05) is 0 Å². The van der Waals surface area contributed by atoms with Crippen LogP contribution in [0.3, 0.4) is 0 Å². The quantitative estimate of drug-likeness (QED) is 0.845. The Kier molecular flexibility index (Phi) is 6.02. The standard InChI is InChI=1S/C18H25N3O3/c1-18(2,3)24-17(22)21-9-4-5-14(13-21)7-10-23-16-11-15(12-19)6-8-20-16/h6,8,11,14H,4-5,7,9-10,13H2,1-3H3. The molecule has 1 saturated heterocycles. The number of hydrogen-bond donors (Lipinski definition) is 0. The van der Waals surface area contributed by atoms with Crippen LogP contribution >= 0.6 is 0 Å². The van der Waals surface area contributed by atoms with Gasteiger partial charge >= 0.3 is 6.09 Å². The van der Waals surface area contributed by atoms with Crippen molar-refractivity contribution in [3.8, 4) is 11.9 Å². The summed E-state index contributed by atoms with van der Waals surface area (Å²) in [6.45, 7) is 7.60. The summed E-state index contributed by atoms with van der Waals surface area (Å²) >= 11 is 0. The van der Waals surface area contributed by atoms with Crippen molar-refractivity contribution in [2.75, 3.05) is 19.7 Å². The van der Waals surface area contributed by atoms with Gasteiger partial charge in [-0.2, -0.15) is 5.26 Å². The normalized spacial score (nSPS) is 17.9. The number of carbonyl (C=O) groups excluding carboxylic acids is 1. The molecule has 1 atom stereocenters. The van der Waals surface area contributed by atoms with Crippen molar-refractivity contribution in [1.29, 1.82) is 5.26 Å². The van der Waals surface area contributed by atoms with Crippen molar-refractivity contribution >= 4 is 6.09 Å². The number of piperidine rings is 1. The van der Waals surface area contributed by atoms with Gasteiger partial charge in [-0.05, 0) is 52.0 Å². The maximum absolute atomic E-state index is 12.2. The molecule has 0 saturated carbocycles. The smallest absolute Gasteiger partial charge is 0.410 e. The SMILES string of the molecule is CC(C)(C)OC(=O)N1CCCC(CCOc2cc(C#N)ccn2)C1. The van der Waals surface area contributed by atoms with Gasteiger partial charge in [0.1, 0.15) is 5.60 Å². The van der Waals surface area contributed by atoms with E-state index in [9.17, 15) is 4.79 Å². The number of ether oxygens (including phenoxy) is 2. The van der Waals surface area contributed by atoms with E-state index in [1.165, 1.54) is 0 Å². The lowest BCUT2D eigenvalue weighted by atomic mass is 9.95. The molecule has 1 amide bonds. The average Bonchev–Trinajstić information content (AvgIpc) is 2.54. The largest absolute Gasteiger partial charge is 0.478 e. The fraction of sp³-hybridized carbons (Fsp3) is 0.611. The monoisotopic (exact) mass is 331 g/mol. The summed E-state index contributed by atoms with van der Waals surface area (Å²) < 4.78 is 11.1. The second-order valence-electron chi connectivity index (χ2n) is 7.07. The summed E-state index contributed by atoms with van der Waals surface area (Å²) in [5.74, 6) is 0.860. The molecule has 0 aliphatic carbocycles. The van der Waals surface area contributed by atoms with Crippen LogP contribution in [0.25, 0.3) is 0 Å². The third kappa shape index (κ3) is 5.73. The topological polar surface area (TPSA) is 75.4 Å². The zero-order chi connectivity index (χ0) is 17.6. The van der Waals surface area contributed by atoms with Gasteiger partial charge in [-0.15, -0.1) is 0 Å². The van der Waals surface area contributed by atoms with Gasteiger partial charge in [-0.3, -0.25) is 0 Å². The molecule has 1 unspecified atom stereocenters. The van der Waals surface area contributed by atoms with E-state index < -0.39 is 5.60 Å². The fourth-order valence-corrected chi connectivity index (χ4v) is 2.68. The van der Waals surface area contributed by atoms with Crippen molar-refractivity contribution in [2.24, 2.45) is 5.92 Å². The van der Waals surface area contributed by atoms with Crippen LogP contribution < -0.4 is 4.74 Å². The second-order valence-corrected chi connectivity index (χ2v) is 7.07. The molecular weight excluding hydrogens is 306 g/mol. The van der Waals surface area contributed by atoms with E-state index in [4.69, 9.17) is 14.7 Å². The third-order valence-corrected chi connectivity index (χ3v) is 3.81. The predicted molar refractivity (Wildman–Crippen MR) is 89.6 cm³/mol. The highest BCUT2D eigenvalue weighted by molar-refractivity contribution is 5.68. The Balaban J connectivity index is 1.78. The van der Waals surface area contributed by atoms with E-state index in [1.54, 1.807) is 23.2 Å². The van der Waals surface area contributed by atoms with Gasteiger partial charge in [0, 0.05) is 25.4 Å². The molecule has 2 heterocycles. The van der Waals surface area contributed by atoms with Crippen molar-refractivity contribution in [3.63, 3.8) is 0 Å². The van der Waals surface area contributed by atoms with Crippen LogP contribution in [-0.4, -0.2) is 41.3 Å². The van der Waals surface area contributed by atoms with Gasteiger partial charge < -0.3 is 14.4 Å². The molecule has 6 heteroatoms. The maximum atomic E-state index is 12.2. The number of pyridine rings is 1. The van der Waals surface area contributed by atoms with E-state index in [2.05, 4.69) is 11.1 Å². The van der Waals surface area contributed by atoms with Crippen LogP contribution in [0.4, 0.5) is 4.79 Å². The first-order valence-electron chi connectivity index (χ1n) is 8.34. The molecular formula is C18H25N3O3. The van der Waals surface area contributed by atoms with Crippen LogP contribution in [0.5, 0.6) is 5.88 Å². The number of rotatable bonds is 4. The zero-order valence-corrected chi connectivity index (χ0v) is 14.6. The Hall–Kier alpha value is -2.29. The number of nitriles is 1. The highest BCUT2D eigenvalue weighted by Gasteiger charge is 2.27. The molecule has 1 aliphatic rings. The number of carbonyl (C=O) groups is 1. The van der Waals surface area contributed by atoms with Gasteiger partial charge in [0.05, 0.1) is 18.2 Å². The Bertz CT molecular complexity index is 604. The van der Waals surface area contributed by atoms with Gasteiger partial charge in [0.15, 0.2) is 0 Å². The lowest BCUT2D eigenvalue weighted by Crippen LogP contribution is -2.43. The Morgan fingerprint density at radius 1 is 1.50 bits per heavy atom. The molecule has 1 aliphatic heterocycles. The molecule has 0 spiro atoms. The number of amides is 1. The first-order valence-corrected chi connectivity index (χ1v) is 8.34. The van der Waals surface area contributed by atoms with Crippen molar-refractivity contribution in [3.05, 3.63) is 23.9 Å². The Labute approximate surface area is 143 Å². The van der Waals surface area contributed by atoms with Crippen LogP contribution in [-0.2, 0) is 4.74 Å². The van der Waals surface area contributed by atoms with Crippen molar-refractivity contribution in [2.45, 2.75) is 45.6 Å². The minimum atomic E-state index is -0.468. The third-order valence-electron chi connectivity index (χ3n) is 3.81. The molecule has 2 rings (SSSR count). The van der Waals surface area contributed by atoms with E-state index in [0.717, 1.165) is 25.8 Å². The number of nitrogens with zero attached hydrogens (tertiary/aromatic N) is 3. The summed E-state index contributed by atoms with van der Waals surface area (Å²) in [4.78, 5) is 18.0. The summed E-state index contributed by atoms with van der Waals surface area (Å²) in [5.41, 5.74) is 0.0682. The molecule has 1 aromatic rings. The molecule has 24 heavy (non-hydrogen) atoms. The molecule has 6 nitrogen and oxygen atoms in total. The molecule has 0 radical (unpaired) electrons. The van der Waals surface area contributed by atoms with E-state index >= 15 is 0 Å². The zero-order valence-electron chi connectivity index (χ0n) is 14.6. The molecule has 0 bridgehead atoms. The van der Waals surface area contributed by atoms with Crippen LogP contribution in [0.15, 0.2) is 18.3 Å². The minimum absolute atomic E-state index is 0.239. The van der Waals surface area contributed by atoms with Gasteiger partial charge in [-0.25, -0.2) is 9.78 Å². The first kappa shape index (κ1) is 18.1. The minimum Gasteiger partial charge on any atom is -0.478 e. The summed E-state index contributed by atoms with van der Waals surface area (Å²) in [6, 6.07) is 5.34. The number of hydrogen-bond acceptors (Lipinski definition) is 5.